The Bertz CT molecular complexity index is 1440. The molecule has 0 radical (unpaired) electrons. The largest absolute Gasteiger partial charge is 0.573 e. The number of aromatic nitrogens is 2. The predicted molar refractivity (Wildman–Crippen MR) is 130 cm³/mol. The van der Waals surface area contributed by atoms with Crippen molar-refractivity contribution >= 4 is 44.9 Å². The van der Waals surface area contributed by atoms with Gasteiger partial charge in [-0.1, -0.05) is 29.8 Å². The van der Waals surface area contributed by atoms with Gasteiger partial charge in [-0.25, -0.2) is 12.4 Å². The first-order valence-corrected chi connectivity index (χ1v) is 11.9. The van der Waals surface area contributed by atoms with Crippen molar-refractivity contribution in [3.05, 3.63) is 88.8 Å². The van der Waals surface area contributed by atoms with Gasteiger partial charge in [0.25, 0.3) is 10.0 Å². The van der Waals surface area contributed by atoms with Crippen LogP contribution >= 0.6 is 24.0 Å². The third kappa shape index (κ3) is 5.90. The minimum Gasteiger partial charge on any atom is -0.406 e. The van der Waals surface area contributed by atoms with Crippen molar-refractivity contribution in [2.75, 3.05) is 7.05 Å². The minimum absolute atomic E-state index is 0. The van der Waals surface area contributed by atoms with Crippen LogP contribution in [0.2, 0.25) is 5.02 Å². The van der Waals surface area contributed by atoms with Gasteiger partial charge in [-0.15, -0.1) is 25.6 Å². The molecule has 0 atom stereocenters. The van der Waals surface area contributed by atoms with Crippen LogP contribution in [0.4, 0.5) is 13.2 Å². The minimum atomic E-state index is -4.81. The second kappa shape index (κ2) is 10.4. The van der Waals surface area contributed by atoms with Crippen molar-refractivity contribution in [2.24, 2.45) is 0 Å². The van der Waals surface area contributed by atoms with E-state index >= 15 is 0 Å². The van der Waals surface area contributed by atoms with Crippen molar-refractivity contribution in [3.8, 4) is 5.75 Å². The van der Waals surface area contributed by atoms with Gasteiger partial charge in [0.1, 0.15) is 10.6 Å². The van der Waals surface area contributed by atoms with Crippen LogP contribution in [-0.2, 0) is 23.0 Å². The molecule has 2 heterocycles. The molecule has 35 heavy (non-hydrogen) atoms. The quantitative estimate of drug-likeness (QED) is 0.329. The monoisotopic (exact) mass is 545 g/mol. The summed E-state index contributed by atoms with van der Waals surface area (Å²) in [7, 11) is -2.14. The number of hydrogen-bond donors (Lipinski definition) is 1. The van der Waals surface area contributed by atoms with Crippen LogP contribution in [0.3, 0.4) is 0 Å². The van der Waals surface area contributed by atoms with Crippen LogP contribution in [0.25, 0.3) is 10.9 Å². The Morgan fingerprint density at radius 3 is 2.51 bits per heavy atom. The normalized spacial score (nSPS) is 11.9. The van der Waals surface area contributed by atoms with Gasteiger partial charge in [0.15, 0.2) is 0 Å². The van der Waals surface area contributed by atoms with Crippen molar-refractivity contribution in [1.82, 2.24) is 14.3 Å². The van der Waals surface area contributed by atoms with Crippen LogP contribution in [0.1, 0.15) is 16.7 Å². The second-order valence-electron chi connectivity index (χ2n) is 7.50. The van der Waals surface area contributed by atoms with E-state index in [1.54, 1.807) is 25.4 Å². The van der Waals surface area contributed by atoms with E-state index in [0.717, 1.165) is 22.6 Å². The van der Waals surface area contributed by atoms with E-state index in [2.05, 4.69) is 15.0 Å². The highest BCUT2D eigenvalue weighted by Crippen LogP contribution is 2.31. The molecule has 12 heteroatoms. The molecule has 4 aromatic rings. The lowest BCUT2D eigenvalue weighted by Gasteiger charge is -2.11. The molecule has 0 saturated carbocycles. The fourth-order valence-corrected chi connectivity index (χ4v) is 5.24. The molecule has 0 fully saturated rings. The molecule has 4 rings (SSSR count). The average molecular weight is 546 g/mol. The first-order valence-electron chi connectivity index (χ1n) is 10.1. The Labute approximate surface area is 211 Å². The molecule has 0 aliphatic heterocycles. The number of nitrogens with one attached hydrogen (secondary N) is 1. The third-order valence-corrected chi connectivity index (χ3v) is 7.14. The topological polar surface area (TPSA) is 73.2 Å². The van der Waals surface area contributed by atoms with Crippen molar-refractivity contribution in [3.63, 3.8) is 0 Å². The molecule has 2 aromatic carbocycles. The number of hydrogen-bond acceptors (Lipinski definition) is 5. The molecule has 1 N–H and O–H groups in total. The summed E-state index contributed by atoms with van der Waals surface area (Å²) >= 11 is 6.19. The van der Waals surface area contributed by atoms with Crippen LogP contribution in [0.15, 0.2) is 72.0 Å². The molecular formula is C23H20Cl2F3N3O3S. The summed E-state index contributed by atoms with van der Waals surface area (Å²) in [5.74, 6) is -0.412. The Hall–Kier alpha value is -2.79. The summed E-state index contributed by atoms with van der Waals surface area (Å²) in [5, 5.41) is 3.90. The number of nitrogens with zero attached hydrogens (tertiary/aromatic N) is 2. The zero-order valence-electron chi connectivity index (χ0n) is 18.2. The van der Waals surface area contributed by atoms with Gasteiger partial charge in [0.2, 0.25) is 0 Å². The molecule has 0 unspecified atom stereocenters. The molecule has 0 aliphatic carbocycles. The molecule has 0 bridgehead atoms. The van der Waals surface area contributed by atoms with Gasteiger partial charge >= 0.3 is 6.36 Å². The highest BCUT2D eigenvalue weighted by molar-refractivity contribution is 7.90. The third-order valence-electron chi connectivity index (χ3n) is 5.13. The van der Waals surface area contributed by atoms with E-state index in [4.69, 9.17) is 11.6 Å². The zero-order valence-corrected chi connectivity index (χ0v) is 20.6. The lowest BCUT2D eigenvalue weighted by molar-refractivity contribution is -0.274. The molecule has 0 aliphatic rings. The first-order chi connectivity index (χ1) is 16.1. The number of alkyl halides is 3. The summed E-state index contributed by atoms with van der Waals surface area (Å²) in [5.41, 5.74) is 2.57. The second-order valence-corrected chi connectivity index (χ2v) is 9.73. The maximum atomic E-state index is 13.3. The summed E-state index contributed by atoms with van der Waals surface area (Å²) in [6.45, 7) is 0.456. The number of ether oxygens (including phenoxy) is 1. The maximum absolute atomic E-state index is 13.3. The van der Waals surface area contributed by atoms with Crippen LogP contribution in [0.5, 0.6) is 5.75 Å². The van der Waals surface area contributed by atoms with E-state index in [1.807, 2.05) is 12.1 Å². The number of benzene rings is 2. The molecule has 0 amide bonds. The van der Waals surface area contributed by atoms with Gasteiger partial charge < -0.3 is 10.1 Å². The van der Waals surface area contributed by atoms with Gasteiger partial charge in [0.05, 0.1) is 5.52 Å². The standard InChI is InChI=1S/C23H19ClF3N3O3S.ClH/c1-28-12-17-14-30(34(31,32)19-3-2-8-29-13-19)22-10-15(4-7-20(17)22)9-16-5-6-18(11-21(16)24)33-23(25,26)27;/h2-8,10-11,13-14,28H,9,12H2,1H3;1H. The number of fused-ring (bicyclic) bond motifs is 1. The molecule has 186 valence electrons. The zero-order chi connectivity index (χ0) is 24.5. The number of rotatable bonds is 7. The highest BCUT2D eigenvalue weighted by Gasteiger charge is 2.31. The highest BCUT2D eigenvalue weighted by atomic mass is 35.5. The Morgan fingerprint density at radius 1 is 1.11 bits per heavy atom. The van der Waals surface area contributed by atoms with E-state index in [1.165, 1.54) is 34.6 Å². The SMILES string of the molecule is CNCc1cn(S(=O)(=O)c2cccnc2)c2cc(Cc3ccc(OC(F)(F)F)cc3Cl)ccc12.Cl. The van der Waals surface area contributed by atoms with Crippen LogP contribution < -0.4 is 10.1 Å². The van der Waals surface area contributed by atoms with E-state index in [-0.39, 0.29) is 28.7 Å². The van der Waals surface area contributed by atoms with E-state index in [9.17, 15) is 21.6 Å². The average Bonchev–Trinajstić information content (AvgIpc) is 3.14. The van der Waals surface area contributed by atoms with Gasteiger partial charge in [0, 0.05) is 35.5 Å². The van der Waals surface area contributed by atoms with Crippen molar-refractivity contribution in [1.29, 1.82) is 0 Å². The van der Waals surface area contributed by atoms with Gasteiger partial charge in [-0.05, 0) is 60.5 Å². The predicted octanol–water partition coefficient (Wildman–Crippen LogP) is 5.56. The summed E-state index contributed by atoms with van der Waals surface area (Å²) in [4.78, 5) is 3.96. The fourth-order valence-electron chi connectivity index (χ4n) is 3.65. The van der Waals surface area contributed by atoms with Crippen LogP contribution in [0, 0.1) is 0 Å². The van der Waals surface area contributed by atoms with Gasteiger partial charge in [-0.3, -0.25) is 4.98 Å². The molecule has 0 spiro atoms. The molecular weight excluding hydrogens is 526 g/mol. The lowest BCUT2D eigenvalue weighted by Crippen LogP contribution is -2.17. The Balaban J connectivity index is 0.00000342. The van der Waals surface area contributed by atoms with Crippen molar-refractivity contribution in [2.45, 2.75) is 24.2 Å². The number of halogens is 5. The summed E-state index contributed by atoms with van der Waals surface area (Å²) in [6, 6.07) is 12.1. The maximum Gasteiger partial charge on any atom is 0.573 e. The summed E-state index contributed by atoms with van der Waals surface area (Å²) < 4.78 is 69.1. The van der Waals surface area contributed by atoms with Crippen molar-refractivity contribution < 1.29 is 26.3 Å². The van der Waals surface area contributed by atoms with E-state index < -0.39 is 22.1 Å². The van der Waals surface area contributed by atoms with E-state index in [0.29, 0.717) is 17.6 Å². The molecule has 2 aromatic heterocycles. The van der Waals surface area contributed by atoms with Crippen LogP contribution in [-0.4, -0.2) is 30.8 Å². The molecule has 0 saturated heterocycles. The van der Waals surface area contributed by atoms with Gasteiger partial charge in [-0.2, -0.15) is 0 Å². The first kappa shape index (κ1) is 26.8. The Morgan fingerprint density at radius 2 is 1.89 bits per heavy atom. The molecule has 6 nitrogen and oxygen atoms in total. The Kier molecular flexibility index (Phi) is 8.00. The fraction of sp³-hybridized carbons (Fsp3) is 0.174. The lowest BCUT2D eigenvalue weighted by atomic mass is 10.0. The summed E-state index contributed by atoms with van der Waals surface area (Å²) in [6.07, 6.45) is -0.185. The number of pyridine rings is 1. The smallest absolute Gasteiger partial charge is 0.406 e.